The average Bonchev–Trinajstić information content (AvgIpc) is 2.47. The third-order valence-electron chi connectivity index (χ3n) is 3.07. The standard InChI is InChI=1S/C11H15NO/c1-8(2)11(3)10-4-5-12-6-9(10)7-13-11/h4-6,8H,7H2,1-3H3. The van der Waals surface area contributed by atoms with Crippen molar-refractivity contribution in [2.24, 2.45) is 5.92 Å². The van der Waals surface area contributed by atoms with Crippen molar-refractivity contribution in [1.29, 1.82) is 0 Å². The van der Waals surface area contributed by atoms with Crippen molar-refractivity contribution in [2.75, 3.05) is 0 Å². The van der Waals surface area contributed by atoms with Crippen molar-refractivity contribution in [2.45, 2.75) is 33.0 Å². The predicted molar refractivity (Wildman–Crippen MR) is 51.2 cm³/mol. The van der Waals surface area contributed by atoms with Crippen LogP contribution in [0.4, 0.5) is 0 Å². The van der Waals surface area contributed by atoms with Crippen LogP contribution in [0.1, 0.15) is 31.9 Å². The minimum atomic E-state index is -0.113. The summed E-state index contributed by atoms with van der Waals surface area (Å²) >= 11 is 0. The Morgan fingerprint density at radius 3 is 3.00 bits per heavy atom. The van der Waals surface area contributed by atoms with Crippen LogP contribution in [-0.4, -0.2) is 4.98 Å². The van der Waals surface area contributed by atoms with Crippen molar-refractivity contribution >= 4 is 0 Å². The van der Waals surface area contributed by atoms with E-state index < -0.39 is 0 Å². The minimum Gasteiger partial charge on any atom is -0.366 e. The van der Waals surface area contributed by atoms with Gasteiger partial charge in [-0.2, -0.15) is 0 Å². The van der Waals surface area contributed by atoms with Gasteiger partial charge in [-0.3, -0.25) is 4.98 Å². The van der Waals surface area contributed by atoms with Gasteiger partial charge in [0.15, 0.2) is 0 Å². The number of rotatable bonds is 1. The van der Waals surface area contributed by atoms with Gasteiger partial charge in [0.1, 0.15) is 0 Å². The van der Waals surface area contributed by atoms with Crippen LogP contribution in [0.3, 0.4) is 0 Å². The lowest BCUT2D eigenvalue weighted by Crippen LogP contribution is -2.27. The van der Waals surface area contributed by atoms with E-state index in [1.54, 1.807) is 0 Å². The third-order valence-corrected chi connectivity index (χ3v) is 3.07. The zero-order chi connectivity index (χ0) is 9.47. The summed E-state index contributed by atoms with van der Waals surface area (Å²) in [7, 11) is 0. The smallest absolute Gasteiger partial charge is 0.0935 e. The molecule has 0 aliphatic carbocycles. The molecule has 2 rings (SSSR count). The third kappa shape index (κ3) is 1.17. The Labute approximate surface area is 78.9 Å². The first-order valence-corrected chi connectivity index (χ1v) is 4.72. The molecule has 1 aromatic rings. The van der Waals surface area contributed by atoms with Crippen molar-refractivity contribution in [3.8, 4) is 0 Å². The second-order valence-corrected chi connectivity index (χ2v) is 4.08. The van der Waals surface area contributed by atoms with E-state index in [0.717, 1.165) is 0 Å². The van der Waals surface area contributed by atoms with Gasteiger partial charge in [-0.1, -0.05) is 13.8 Å². The molecule has 2 heteroatoms. The zero-order valence-electron chi connectivity index (χ0n) is 8.37. The van der Waals surface area contributed by atoms with Gasteiger partial charge in [0.05, 0.1) is 12.2 Å². The summed E-state index contributed by atoms with van der Waals surface area (Å²) < 4.78 is 5.83. The molecule has 0 amide bonds. The van der Waals surface area contributed by atoms with E-state index in [1.165, 1.54) is 11.1 Å². The summed E-state index contributed by atoms with van der Waals surface area (Å²) in [5, 5.41) is 0. The van der Waals surface area contributed by atoms with E-state index in [4.69, 9.17) is 4.74 Å². The van der Waals surface area contributed by atoms with Crippen molar-refractivity contribution in [1.82, 2.24) is 4.98 Å². The lowest BCUT2D eigenvalue weighted by molar-refractivity contribution is -0.0576. The summed E-state index contributed by atoms with van der Waals surface area (Å²) in [6, 6.07) is 2.07. The first-order chi connectivity index (χ1) is 6.14. The molecule has 1 atom stereocenters. The molecule has 70 valence electrons. The van der Waals surface area contributed by atoms with Crippen LogP contribution in [-0.2, 0) is 16.9 Å². The fourth-order valence-electron chi connectivity index (χ4n) is 1.81. The van der Waals surface area contributed by atoms with E-state index in [1.807, 2.05) is 12.4 Å². The number of hydrogen-bond acceptors (Lipinski definition) is 2. The summed E-state index contributed by atoms with van der Waals surface area (Å²) in [6.07, 6.45) is 3.75. The molecule has 1 aliphatic rings. The lowest BCUT2D eigenvalue weighted by atomic mass is 9.85. The molecule has 0 radical (unpaired) electrons. The number of hydrogen-bond donors (Lipinski definition) is 0. The van der Waals surface area contributed by atoms with Crippen LogP contribution in [0.2, 0.25) is 0 Å². The molecule has 0 bridgehead atoms. The van der Waals surface area contributed by atoms with Crippen LogP contribution >= 0.6 is 0 Å². The highest BCUT2D eigenvalue weighted by Crippen LogP contribution is 2.40. The first kappa shape index (κ1) is 8.70. The number of nitrogens with zero attached hydrogens (tertiary/aromatic N) is 1. The average molecular weight is 177 g/mol. The SMILES string of the molecule is CC(C)C1(C)OCc2cnccc21. The Morgan fingerprint density at radius 2 is 2.31 bits per heavy atom. The van der Waals surface area contributed by atoms with E-state index in [2.05, 4.69) is 31.8 Å². The molecule has 0 fully saturated rings. The number of pyridine rings is 1. The molecule has 0 spiro atoms. The van der Waals surface area contributed by atoms with Crippen LogP contribution in [0.15, 0.2) is 18.5 Å². The highest BCUT2D eigenvalue weighted by atomic mass is 16.5. The topological polar surface area (TPSA) is 22.1 Å². The van der Waals surface area contributed by atoms with Gasteiger partial charge >= 0.3 is 0 Å². The summed E-state index contributed by atoms with van der Waals surface area (Å²) in [4.78, 5) is 4.10. The van der Waals surface area contributed by atoms with E-state index in [0.29, 0.717) is 12.5 Å². The Morgan fingerprint density at radius 1 is 1.54 bits per heavy atom. The molecule has 0 aromatic carbocycles. The van der Waals surface area contributed by atoms with Gasteiger partial charge in [0.2, 0.25) is 0 Å². The van der Waals surface area contributed by atoms with Gasteiger partial charge in [-0.25, -0.2) is 0 Å². The molecule has 1 unspecified atom stereocenters. The van der Waals surface area contributed by atoms with Crippen molar-refractivity contribution in [3.05, 3.63) is 29.6 Å². The molecule has 13 heavy (non-hydrogen) atoms. The first-order valence-electron chi connectivity index (χ1n) is 4.72. The molecular formula is C11H15NO. The second-order valence-electron chi connectivity index (χ2n) is 4.08. The van der Waals surface area contributed by atoms with Crippen molar-refractivity contribution < 1.29 is 4.74 Å². The molecular weight excluding hydrogens is 162 g/mol. The second kappa shape index (κ2) is 2.81. The largest absolute Gasteiger partial charge is 0.366 e. The fourth-order valence-corrected chi connectivity index (χ4v) is 1.81. The minimum absolute atomic E-state index is 0.113. The normalized spacial score (nSPS) is 26.5. The molecule has 1 aliphatic heterocycles. The maximum atomic E-state index is 5.83. The van der Waals surface area contributed by atoms with E-state index >= 15 is 0 Å². The quantitative estimate of drug-likeness (QED) is 0.657. The maximum Gasteiger partial charge on any atom is 0.0935 e. The Hall–Kier alpha value is -0.890. The van der Waals surface area contributed by atoms with Gasteiger partial charge in [-0.15, -0.1) is 0 Å². The van der Waals surface area contributed by atoms with Gasteiger partial charge < -0.3 is 4.74 Å². The van der Waals surface area contributed by atoms with Crippen molar-refractivity contribution in [3.63, 3.8) is 0 Å². The maximum absolute atomic E-state index is 5.83. The number of aromatic nitrogens is 1. The predicted octanol–water partition coefficient (Wildman–Crippen LogP) is 2.48. The Bertz CT molecular complexity index is 322. The zero-order valence-corrected chi connectivity index (χ0v) is 8.37. The molecule has 0 saturated carbocycles. The highest BCUT2D eigenvalue weighted by molar-refractivity contribution is 5.32. The molecule has 2 heterocycles. The van der Waals surface area contributed by atoms with Gasteiger partial charge in [0.25, 0.3) is 0 Å². The summed E-state index contributed by atoms with van der Waals surface area (Å²) in [5.41, 5.74) is 2.43. The van der Waals surface area contributed by atoms with Gasteiger partial charge in [0, 0.05) is 18.0 Å². The van der Waals surface area contributed by atoms with E-state index in [-0.39, 0.29) is 5.60 Å². The van der Waals surface area contributed by atoms with Crippen LogP contribution in [0.5, 0.6) is 0 Å². The highest BCUT2D eigenvalue weighted by Gasteiger charge is 2.38. The van der Waals surface area contributed by atoms with Gasteiger partial charge in [-0.05, 0) is 24.5 Å². The molecule has 1 aromatic heterocycles. The summed E-state index contributed by atoms with van der Waals surface area (Å²) in [5.74, 6) is 0.496. The van der Waals surface area contributed by atoms with E-state index in [9.17, 15) is 0 Å². The van der Waals surface area contributed by atoms with Crippen LogP contribution in [0, 0.1) is 5.92 Å². The number of ether oxygens (including phenoxy) is 1. The molecule has 2 nitrogen and oxygen atoms in total. The number of fused-ring (bicyclic) bond motifs is 1. The lowest BCUT2D eigenvalue weighted by Gasteiger charge is -2.29. The van der Waals surface area contributed by atoms with Crippen LogP contribution < -0.4 is 0 Å². The van der Waals surface area contributed by atoms with Crippen LogP contribution in [0.25, 0.3) is 0 Å². The Kier molecular flexibility index (Phi) is 1.88. The summed E-state index contributed by atoms with van der Waals surface area (Å²) in [6.45, 7) is 7.24. The molecule has 0 N–H and O–H groups in total. The Balaban J connectivity index is 2.49. The molecule has 0 saturated heterocycles. The monoisotopic (exact) mass is 177 g/mol. The fraction of sp³-hybridized carbons (Fsp3) is 0.545.